The number of hydrogen-bond donors (Lipinski definition) is 3. The molecule has 0 bridgehead atoms. The number of nitrogens with one attached hydrogen (secondary N) is 2. The van der Waals surface area contributed by atoms with Crippen LogP contribution in [0.15, 0.2) is 23.1 Å². The van der Waals surface area contributed by atoms with Gasteiger partial charge in [-0.15, -0.1) is 0 Å². The summed E-state index contributed by atoms with van der Waals surface area (Å²) in [5.74, 6) is -0.0586. The third kappa shape index (κ3) is 2.79. The number of rotatable bonds is 3. The second-order valence-electron chi connectivity index (χ2n) is 4.20. The molecule has 1 amide bonds. The number of anilines is 2. The summed E-state index contributed by atoms with van der Waals surface area (Å²) in [6.45, 7) is 1.48. The van der Waals surface area contributed by atoms with E-state index < -0.39 is 10.0 Å². The zero-order valence-corrected chi connectivity index (χ0v) is 11.3. The van der Waals surface area contributed by atoms with Crippen molar-refractivity contribution in [2.24, 2.45) is 0 Å². The minimum absolute atomic E-state index is 0.0419. The van der Waals surface area contributed by atoms with E-state index in [9.17, 15) is 13.2 Å². The molecule has 8 heteroatoms. The van der Waals surface area contributed by atoms with Gasteiger partial charge in [0.05, 0.1) is 12.2 Å². The van der Waals surface area contributed by atoms with Gasteiger partial charge < -0.3 is 16.0 Å². The van der Waals surface area contributed by atoms with Crippen LogP contribution in [0.25, 0.3) is 0 Å². The second-order valence-corrected chi connectivity index (χ2v) is 6.06. The Hall–Kier alpha value is -1.80. The number of nitrogens with two attached hydrogens (primary N) is 1. The molecule has 19 heavy (non-hydrogen) atoms. The summed E-state index contributed by atoms with van der Waals surface area (Å²) in [7, 11) is -2.23. The molecule has 1 aliphatic rings. The lowest BCUT2D eigenvalue weighted by Gasteiger charge is -2.29. The quantitative estimate of drug-likeness (QED) is 0.625. The number of sulfonamides is 1. The summed E-state index contributed by atoms with van der Waals surface area (Å²) in [6.07, 6.45) is 0. The second kappa shape index (κ2) is 5.06. The molecule has 1 aromatic rings. The Bertz CT molecular complexity index is 600. The average molecular weight is 284 g/mol. The van der Waals surface area contributed by atoms with Crippen molar-refractivity contribution in [2.75, 3.05) is 37.3 Å². The van der Waals surface area contributed by atoms with Gasteiger partial charge in [0.25, 0.3) is 0 Å². The minimum Gasteiger partial charge on any atom is -0.398 e. The lowest BCUT2D eigenvalue weighted by atomic mass is 10.2. The Labute approximate surface area is 111 Å². The predicted octanol–water partition coefficient (Wildman–Crippen LogP) is -0.887. The van der Waals surface area contributed by atoms with Crippen LogP contribution in [0, 0.1) is 0 Å². The first kappa shape index (κ1) is 13.6. The van der Waals surface area contributed by atoms with Crippen molar-refractivity contribution in [1.82, 2.24) is 10.0 Å². The lowest BCUT2D eigenvalue weighted by molar-refractivity contribution is -0.120. The largest absolute Gasteiger partial charge is 0.398 e. The van der Waals surface area contributed by atoms with Crippen LogP contribution in [0.4, 0.5) is 11.4 Å². The first-order chi connectivity index (χ1) is 8.94. The van der Waals surface area contributed by atoms with Crippen LogP contribution in [0.1, 0.15) is 0 Å². The van der Waals surface area contributed by atoms with Crippen LogP contribution in [0.2, 0.25) is 0 Å². The Morgan fingerprint density at radius 3 is 2.74 bits per heavy atom. The highest BCUT2D eigenvalue weighted by molar-refractivity contribution is 7.89. The number of carbonyl (C=O) groups excluding carboxylic acids is 1. The molecule has 0 unspecified atom stereocenters. The van der Waals surface area contributed by atoms with Gasteiger partial charge in [0.2, 0.25) is 15.9 Å². The van der Waals surface area contributed by atoms with E-state index in [4.69, 9.17) is 5.73 Å². The van der Waals surface area contributed by atoms with E-state index in [0.717, 1.165) is 5.69 Å². The van der Waals surface area contributed by atoms with Gasteiger partial charge in [-0.05, 0) is 25.2 Å². The molecule has 0 atom stereocenters. The van der Waals surface area contributed by atoms with Crippen LogP contribution in [-0.4, -0.2) is 41.0 Å². The predicted molar refractivity (Wildman–Crippen MR) is 72.3 cm³/mol. The lowest BCUT2D eigenvalue weighted by Crippen LogP contribution is -2.47. The van der Waals surface area contributed by atoms with Gasteiger partial charge >= 0.3 is 0 Å². The van der Waals surface area contributed by atoms with Gasteiger partial charge in [-0.25, -0.2) is 13.1 Å². The van der Waals surface area contributed by atoms with E-state index in [2.05, 4.69) is 10.0 Å². The van der Waals surface area contributed by atoms with Crippen LogP contribution in [-0.2, 0) is 14.8 Å². The number of benzene rings is 1. The number of nitrogens with zero attached hydrogens (tertiary/aromatic N) is 1. The van der Waals surface area contributed by atoms with Crippen molar-refractivity contribution in [3.05, 3.63) is 18.2 Å². The SMILES string of the molecule is CNS(=O)(=O)c1ccc(N2CCNC(=O)C2)cc1N. The van der Waals surface area contributed by atoms with Crippen LogP contribution in [0.5, 0.6) is 0 Å². The van der Waals surface area contributed by atoms with Crippen molar-refractivity contribution in [1.29, 1.82) is 0 Å². The number of hydrogen-bond acceptors (Lipinski definition) is 5. The Kier molecular flexibility index (Phi) is 3.63. The molecule has 104 valence electrons. The van der Waals surface area contributed by atoms with Crippen molar-refractivity contribution >= 4 is 27.3 Å². The van der Waals surface area contributed by atoms with E-state index in [-0.39, 0.29) is 23.0 Å². The first-order valence-corrected chi connectivity index (χ1v) is 7.27. The highest BCUT2D eigenvalue weighted by atomic mass is 32.2. The topological polar surface area (TPSA) is 105 Å². The molecular formula is C11H16N4O3S. The standard InChI is InChI=1S/C11H16N4O3S/c1-13-19(17,18)10-3-2-8(6-9(10)12)15-5-4-14-11(16)7-15/h2-3,6,13H,4-5,7,12H2,1H3,(H,14,16). The minimum atomic E-state index is -3.56. The zero-order chi connectivity index (χ0) is 14.0. The number of piperazine rings is 1. The average Bonchev–Trinajstić information content (AvgIpc) is 2.38. The van der Waals surface area contributed by atoms with Crippen LogP contribution >= 0.6 is 0 Å². The summed E-state index contributed by atoms with van der Waals surface area (Å²) in [4.78, 5) is 13.2. The zero-order valence-electron chi connectivity index (χ0n) is 10.5. The molecule has 0 aromatic heterocycles. The van der Waals surface area contributed by atoms with Gasteiger partial charge in [0.15, 0.2) is 0 Å². The maximum atomic E-state index is 11.7. The molecule has 1 saturated heterocycles. The van der Waals surface area contributed by atoms with E-state index in [1.165, 1.54) is 13.1 Å². The van der Waals surface area contributed by atoms with Gasteiger partial charge in [0.1, 0.15) is 4.90 Å². The maximum Gasteiger partial charge on any atom is 0.242 e. The van der Waals surface area contributed by atoms with Crippen LogP contribution in [0.3, 0.4) is 0 Å². The van der Waals surface area contributed by atoms with Crippen molar-refractivity contribution < 1.29 is 13.2 Å². The summed E-state index contributed by atoms with van der Waals surface area (Å²) < 4.78 is 25.6. The summed E-state index contributed by atoms with van der Waals surface area (Å²) in [6, 6.07) is 4.67. The fourth-order valence-corrected chi connectivity index (χ4v) is 2.78. The fourth-order valence-electron chi connectivity index (χ4n) is 1.95. The summed E-state index contributed by atoms with van der Waals surface area (Å²) in [5.41, 5.74) is 6.68. The third-order valence-electron chi connectivity index (χ3n) is 2.96. The molecule has 0 aliphatic carbocycles. The molecule has 0 saturated carbocycles. The van der Waals surface area contributed by atoms with Gasteiger partial charge in [-0.2, -0.15) is 0 Å². The normalized spacial score (nSPS) is 16.3. The highest BCUT2D eigenvalue weighted by Crippen LogP contribution is 2.25. The van der Waals surface area contributed by atoms with E-state index in [1.54, 1.807) is 12.1 Å². The Morgan fingerprint density at radius 1 is 1.42 bits per heavy atom. The van der Waals surface area contributed by atoms with Crippen molar-refractivity contribution in [2.45, 2.75) is 4.90 Å². The van der Waals surface area contributed by atoms with E-state index >= 15 is 0 Å². The van der Waals surface area contributed by atoms with Gasteiger partial charge in [-0.3, -0.25) is 4.79 Å². The van der Waals surface area contributed by atoms with E-state index in [0.29, 0.717) is 13.1 Å². The molecule has 0 radical (unpaired) electrons. The molecule has 1 heterocycles. The molecule has 0 spiro atoms. The first-order valence-electron chi connectivity index (χ1n) is 5.79. The van der Waals surface area contributed by atoms with Gasteiger partial charge in [0, 0.05) is 18.8 Å². The Morgan fingerprint density at radius 2 is 2.16 bits per heavy atom. The molecule has 4 N–H and O–H groups in total. The molecule has 1 aromatic carbocycles. The molecule has 1 fully saturated rings. The van der Waals surface area contributed by atoms with E-state index in [1.807, 2.05) is 4.90 Å². The summed E-state index contributed by atoms with van der Waals surface area (Å²) in [5, 5.41) is 2.72. The highest BCUT2D eigenvalue weighted by Gasteiger charge is 2.20. The number of carbonyl (C=O) groups is 1. The molecule has 7 nitrogen and oxygen atoms in total. The third-order valence-corrected chi connectivity index (χ3v) is 4.44. The maximum absolute atomic E-state index is 11.7. The van der Waals surface area contributed by atoms with Gasteiger partial charge in [-0.1, -0.05) is 0 Å². The summed E-state index contributed by atoms with van der Waals surface area (Å²) >= 11 is 0. The molecule has 1 aliphatic heterocycles. The fraction of sp³-hybridized carbons (Fsp3) is 0.364. The molecule has 2 rings (SSSR count). The molecular weight excluding hydrogens is 268 g/mol. The number of nitrogen functional groups attached to an aromatic ring is 1. The smallest absolute Gasteiger partial charge is 0.242 e. The van der Waals surface area contributed by atoms with Crippen LogP contribution < -0.4 is 20.7 Å². The Balaban J connectivity index is 2.31. The number of amides is 1. The monoisotopic (exact) mass is 284 g/mol. The van der Waals surface area contributed by atoms with Crippen molar-refractivity contribution in [3.8, 4) is 0 Å². The van der Waals surface area contributed by atoms with Crippen molar-refractivity contribution in [3.63, 3.8) is 0 Å².